The first-order valence-electron chi connectivity index (χ1n) is 12.0. The number of nitrogens with zero attached hydrogens (tertiary/aromatic N) is 2. The maximum atomic E-state index is 13.0. The average molecular weight is 647 g/mol. The van der Waals surface area contributed by atoms with Crippen LogP contribution in [0.3, 0.4) is 0 Å². The number of aryl methyl sites for hydroxylation is 1. The van der Waals surface area contributed by atoms with Crippen LogP contribution in [0.25, 0.3) is 16.8 Å². The van der Waals surface area contributed by atoms with Gasteiger partial charge in [-0.1, -0.05) is 36.4 Å². The molecule has 0 atom stereocenters. The van der Waals surface area contributed by atoms with Gasteiger partial charge in [0.1, 0.15) is 35.1 Å². The van der Waals surface area contributed by atoms with E-state index < -0.39 is 5.91 Å². The summed E-state index contributed by atoms with van der Waals surface area (Å²) in [6.45, 7) is 0.384. The number of amides is 1. The third-order valence-corrected chi connectivity index (χ3v) is 8.79. The Morgan fingerprint density at radius 1 is 1.03 bits per heavy atom. The van der Waals surface area contributed by atoms with Gasteiger partial charge < -0.3 is 10.1 Å². The molecule has 1 aliphatic rings. The van der Waals surface area contributed by atoms with Gasteiger partial charge in [0.25, 0.3) is 5.91 Å². The van der Waals surface area contributed by atoms with Gasteiger partial charge in [0.15, 0.2) is 0 Å². The lowest BCUT2D eigenvalue weighted by atomic mass is 9.96. The molecule has 0 saturated heterocycles. The van der Waals surface area contributed by atoms with E-state index in [0.717, 1.165) is 47.1 Å². The van der Waals surface area contributed by atoms with Crippen molar-refractivity contribution in [3.63, 3.8) is 0 Å². The highest BCUT2D eigenvalue weighted by atomic mass is 79.9. The maximum absolute atomic E-state index is 13.0. The Morgan fingerprint density at radius 2 is 1.76 bits per heavy atom. The van der Waals surface area contributed by atoms with Gasteiger partial charge in [-0.25, -0.2) is 0 Å². The first kappa shape index (κ1) is 26.2. The first-order chi connectivity index (χ1) is 18.5. The number of nitrogens with one attached hydrogen (secondary N) is 1. The van der Waals surface area contributed by atoms with E-state index in [9.17, 15) is 15.3 Å². The van der Waals surface area contributed by atoms with Crippen molar-refractivity contribution in [1.82, 2.24) is 0 Å². The Kier molecular flexibility index (Phi) is 7.95. The van der Waals surface area contributed by atoms with Crippen LogP contribution in [0.15, 0.2) is 69.1 Å². The number of thiophene rings is 1. The van der Waals surface area contributed by atoms with Crippen LogP contribution < -0.4 is 10.1 Å². The first-order valence-corrected chi connectivity index (χ1v) is 14.4. The summed E-state index contributed by atoms with van der Waals surface area (Å²) in [5.74, 6) is 0.0903. The van der Waals surface area contributed by atoms with Crippen LogP contribution in [0.2, 0.25) is 0 Å². The number of rotatable bonds is 6. The highest BCUT2D eigenvalue weighted by molar-refractivity contribution is 9.11. The second-order valence-corrected chi connectivity index (χ2v) is 11.7. The van der Waals surface area contributed by atoms with Crippen molar-refractivity contribution in [2.75, 3.05) is 5.32 Å². The fourth-order valence-electron chi connectivity index (χ4n) is 4.54. The molecule has 38 heavy (non-hydrogen) atoms. The number of hydrogen-bond donors (Lipinski definition) is 1. The SMILES string of the molecule is N#C/C(=C\c1cc(Br)c(OCc2ccc3ccccc3c2)c(Br)c1)C(=O)Nc1sc2c(c1C#N)CCCC2. The molecular formula is C30H21Br2N3O2S. The normalized spacial score (nSPS) is 12.9. The highest BCUT2D eigenvalue weighted by Gasteiger charge is 2.23. The molecule has 0 radical (unpaired) electrons. The van der Waals surface area contributed by atoms with Crippen LogP contribution in [-0.4, -0.2) is 5.91 Å². The third kappa shape index (κ3) is 5.54. The molecule has 0 fully saturated rings. The highest BCUT2D eigenvalue weighted by Crippen LogP contribution is 2.38. The number of anilines is 1. The van der Waals surface area contributed by atoms with Crippen molar-refractivity contribution < 1.29 is 9.53 Å². The predicted octanol–water partition coefficient (Wildman–Crippen LogP) is 8.30. The van der Waals surface area contributed by atoms with Gasteiger partial charge in [-0.05, 0) is 109 Å². The number of carbonyl (C=O) groups excluding carboxylic acids is 1. The van der Waals surface area contributed by atoms with E-state index in [2.05, 4.69) is 67.5 Å². The van der Waals surface area contributed by atoms with Gasteiger partial charge in [0.2, 0.25) is 0 Å². The number of carbonyl (C=O) groups is 1. The van der Waals surface area contributed by atoms with E-state index in [0.29, 0.717) is 37.4 Å². The predicted molar refractivity (Wildman–Crippen MR) is 158 cm³/mol. The number of hydrogen-bond acceptors (Lipinski definition) is 5. The van der Waals surface area contributed by atoms with Crippen LogP contribution in [0.1, 0.15) is 40.0 Å². The van der Waals surface area contributed by atoms with Crippen molar-refractivity contribution in [1.29, 1.82) is 10.5 Å². The van der Waals surface area contributed by atoms with Crippen LogP contribution in [0.5, 0.6) is 5.75 Å². The Balaban J connectivity index is 1.33. The lowest BCUT2D eigenvalue weighted by molar-refractivity contribution is -0.112. The molecule has 0 saturated carbocycles. The van der Waals surface area contributed by atoms with E-state index in [1.54, 1.807) is 12.1 Å². The third-order valence-electron chi connectivity index (χ3n) is 6.40. The van der Waals surface area contributed by atoms with Crippen LogP contribution in [-0.2, 0) is 24.2 Å². The van der Waals surface area contributed by atoms with Crippen molar-refractivity contribution in [2.45, 2.75) is 32.3 Å². The zero-order valence-corrected chi connectivity index (χ0v) is 24.2. The van der Waals surface area contributed by atoms with E-state index >= 15 is 0 Å². The standard InChI is InChI=1S/C30H21Br2N3O2S/c31-25-13-19(14-26(32)28(25)37-17-18-9-10-20-5-1-2-6-21(20)11-18)12-22(15-33)29(36)35-30-24(16-34)23-7-3-4-8-27(23)38-30/h1-2,5-6,9-14H,3-4,7-8,17H2,(H,35,36)/b22-12+. The topological polar surface area (TPSA) is 85.9 Å². The molecule has 0 unspecified atom stereocenters. The number of halogens is 2. The zero-order valence-electron chi connectivity index (χ0n) is 20.2. The molecule has 1 amide bonds. The van der Waals surface area contributed by atoms with E-state index in [1.165, 1.54) is 22.8 Å². The second kappa shape index (κ2) is 11.5. The molecule has 0 spiro atoms. The van der Waals surface area contributed by atoms with Crippen LogP contribution in [0.4, 0.5) is 5.00 Å². The summed E-state index contributed by atoms with van der Waals surface area (Å²) in [6.07, 6.45) is 5.42. The molecule has 8 heteroatoms. The molecule has 5 rings (SSSR count). The fraction of sp³-hybridized carbons (Fsp3) is 0.167. The number of benzene rings is 3. The Hall–Kier alpha value is -3.43. The van der Waals surface area contributed by atoms with E-state index in [4.69, 9.17) is 4.74 Å². The summed E-state index contributed by atoms with van der Waals surface area (Å²) in [6, 6.07) is 22.2. The van der Waals surface area contributed by atoms with Crippen molar-refractivity contribution in [3.05, 3.63) is 96.2 Å². The molecule has 188 valence electrons. The number of nitriles is 2. The molecule has 1 aliphatic carbocycles. The maximum Gasteiger partial charge on any atom is 0.266 e. The molecule has 1 heterocycles. The summed E-state index contributed by atoms with van der Waals surface area (Å²) in [4.78, 5) is 14.1. The molecule has 1 aromatic heterocycles. The summed E-state index contributed by atoms with van der Waals surface area (Å²) in [5, 5.41) is 25.0. The monoisotopic (exact) mass is 645 g/mol. The van der Waals surface area contributed by atoms with Crippen LogP contribution >= 0.6 is 43.2 Å². The zero-order chi connectivity index (χ0) is 26.6. The minimum atomic E-state index is -0.536. The van der Waals surface area contributed by atoms with Gasteiger partial charge >= 0.3 is 0 Å². The lowest BCUT2D eigenvalue weighted by Crippen LogP contribution is -2.13. The summed E-state index contributed by atoms with van der Waals surface area (Å²) in [7, 11) is 0. The van der Waals surface area contributed by atoms with Gasteiger partial charge in [-0.2, -0.15) is 10.5 Å². The minimum Gasteiger partial charge on any atom is -0.487 e. The van der Waals surface area contributed by atoms with Crippen LogP contribution in [0, 0.1) is 22.7 Å². The molecule has 3 aromatic carbocycles. The van der Waals surface area contributed by atoms with Gasteiger partial charge in [0.05, 0.1) is 14.5 Å². The molecule has 0 aliphatic heterocycles. The Labute approximate surface area is 241 Å². The minimum absolute atomic E-state index is 0.0520. The molecule has 5 nitrogen and oxygen atoms in total. The van der Waals surface area contributed by atoms with E-state index in [1.807, 2.05) is 24.3 Å². The van der Waals surface area contributed by atoms with Gasteiger partial charge in [0, 0.05) is 4.88 Å². The smallest absolute Gasteiger partial charge is 0.266 e. The lowest BCUT2D eigenvalue weighted by Gasteiger charge is -2.12. The van der Waals surface area contributed by atoms with Crippen molar-refractivity contribution in [2.24, 2.45) is 0 Å². The second-order valence-electron chi connectivity index (χ2n) is 8.93. The molecule has 0 bridgehead atoms. The van der Waals surface area contributed by atoms with Gasteiger partial charge in [-0.15, -0.1) is 11.3 Å². The molecule has 1 N–H and O–H groups in total. The van der Waals surface area contributed by atoms with Crippen molar-refractivity contribution in [3.8, 4) is 17.9 Å². The average Bonchev–Trinajstić information content (AvgIpc) is 3.27. The van der Waals surface area contributed by atoms with E-state index in [-0.39, 0.29) is 5.57 Å². The summed E-state index contributed by atoms with van der Waals surface area (Å²) in [5.41, 5.74) is 3.20. The summed E-state index contributed by atoms with van der Waals surface area (Å²) >= 11 is 8.56. The quantitative estimate of drug-likeness (QED) is 0.169. The fourth-order valence-corrected chi connectivity index (χ4v) is 7.23. The molecular weight excluding hydrogens is 626 g/mol. The summed E-state index contributed by atoms with van der Waals surface area (Å²) < 4.78 is 7.47. The number of fused-ring (bicyclic) bond motifs is 2. The van der Waals surface area contributed by atoms with Crippen molar-refractivity contribution >= 4 is 71.0 Å². The largest absolute Gasteiger partial charge is 0.487 e. The Morgan fingerprint density at radius 3 is 2.50 bits per heavy atom. The molecule has 4 aromatic rings. The number of ether oxygens (including phenoxy) is 1. The van der Waals surface area contributed by atoms with Gasteiger partial charge in [-0.3, -0.25) is 4.79 Å². The Bertz CT molecular complexity index is 1650.